The first-order valence-corrected chi connectivity index (χ1v) is 5.62. The minimum atomic E-state index is 1.14. The van der Waals surface area contributed by atoms with Gasteiger partial charge in [-0.1, -0.05) is 12.1 Å². The van der Waals surface area contributed by atoms with Crippen molar-refractivity contribution in [1.29, 1.82) is 0 Å². The molecule has 2 N–H and O–H groups in total. The summed E-state index contributed by atoms with van der Waals surface area (Å²) in [6.45, 7) is 4.21. The normalized spacial score (nSPS) is 10.9. The number of aromatic nitrogens is 1. The molecule has 86 valence electrons. The SMILES string of the molecule is Cc1cc(C)c(-c2cccnc2)cc1/C=C\N. The first-order chi connectivity index (χ1) is 8.22. The number of pyridine rings is 1. The number of nitrogens with zero attached hydrogens (tertiary/aromatic N) is 1. The van der Waals surface area contributed by atoms with E-state index in [2.05, 4.69) is 37.0 Å². The Hall–Kier alpha value is -2.09. The van der Waals surface area contributed by atoms with Crippen molar-refractivity contribution in [2.75, 3.05) is 0 Å². The van der Waals surface area contributed by atoms with E-state index in [1.54, 1.807) is 12.4 Å². The van der Waals surface area contributed by atoms with Crippen LogP contribution in [0.15, 0.2) is 42.9 Å². The molecule has 1 aromatic heterocycles. The molecule has 0 radical (unpaired) electrons. The standard InChI is InChI=1S/C15H16N2/c1-11-8-12(2)15(9-13(11)5-6-16)14-4-3-7-17-10-14/h3-10H,16H2,1-2H3/b6-5-. The fourth-order valence-corrected chi connectivity index (χ4v) is 1.99. The summed E-state index contributed by atoms with van der Waals surface area (Å²) in [5.41, 5.74) is 11.4. The van der Waals surface area contributed by atoms with Crippen LogP contribution in [0.3, 0.4) is 0 Å². The van der Waals surface area contributed by atoms with Gasteiger partial charge in [-0.15, -0.1) is 0 Å². The minimum absolute atomic E-state index is 1.14. The van der Waals surface area contributed by atoms with E-state index in [0.717, 1.165) is 11.1 Å². The average molecular weight is 224 g/mol. The highest BCUT2D eigenvalue weighted by Crippen LogP contribution is 2.26. The minimum Gasteiger partial charge on any atom is -0.405 e. The molecule has 0 aliphatic carbocycles. The second kappa shape index (κ2) is 4.83. The van der Waals surface area contributed by atoms with Crippen molar-refractivity contribution < 1.29 is 0 Å². The van der Waals surface area contributed by atoms with E-state index in [4.69, 9.17) is 5.73 Å². The lowest BCUT2D eigenvalue weighted by atomic mass is 9.96. The fourth-order valence-electron chi connectivity index (χ4n) is 1.99. The lowest BCUT2D eigenvalue weighted by molar-refractivity contribution is 1.31. The highest BCUT2D eigenvalue weighted by atomic mass is 14.6. The molecule has 0 bridgehead atoms. The van der Waals surface area contributed by atoms with E-state index in [9.17, 15) is 0 Å². The van der Waals surface area contributed by atoms with Gasteiger partial charge in [0.2, 0.25) is 0 Å². The average Bonchev–Trinajstić information content (AvgIpc) is 2.34. The van der Waals surface area contributed by atoms with Gasteiger partial charge in [-0.3, -0.25) is 4.98 Å². The van der Waals surface area contributed by atoms with Gasteiger partial charge in [0, 0.05) is 18.0 Å². The topological polar surface area (TPSA) is 38.9 Å². The first-order valence-electron chi connectivity index (χ1n) is 5.62. The maximum absolute atomic E-state index is 5.46. The van der Waals surface area contributed by atoms with Gasteiger partial charge >= 0.3 is 0 Å². The molecule has 1 aromatic carbocycles. The first kappa shape index (κ1) is 11.4. The van der Waals surface area contributed by atoms with Crippen LogP contribution < -0.4 is 5.73 Å². The Kier molecular flexibility index (Phi) is 3.24. The molecular formula is C15H16N2. The molecule has 0 spiro atoms. The predicted octanol–water partition coefficient (Wildman–Crippen LogP) is 3.29. The summed E-state index contributed by atoms with van der Waals surface area (Å²) in [7, 11) is 0. The van der Waals surface area contributed by atoms with Gasteiger partial charge in [0.1, 0.15) is 0 Å². The van der Waals surface area contributed by atoms with Gasteiger partial charge in [0.05, 0.1) is 0 Å². The molecule has 0 aliphatic heterocycles. The molecule has 2 heteroatoms. The van der Waals surface area contributed by atoms with Crippen LogP contribution in [0.1, 0.15) is 16.7 Å². The smallest absolute Gasteiger partial charge is 0.0346 e. The molecule has 0 atom stereocenters. The van der Waals surface area contributed by atoms with Crippen LogP contribution in [-0.2, 0) is 0 Å². The molecule has 0 aliphatic rings. The third-order valence-electron chi connectivity index (χ3n) is 2.86. The van der Waals surface area contributed by atoms with Gasteiger partial charge < -0.3 is 5.73 Å². The lowest BCUT2D eigenvalue weighted by Gasteiger charge is -2.10. The number of aryl methyl sites for hydroxylation is 2. The van der Waals surface area contributed by atoms with Crippen LogP contribution in [0, 0.1) is 13.8 Å². The Morgan fingerprint density at radius 2 is 2.00 bits per heavy atom. The van der Waals surface area contributed by atoms with Crippen LogP contribution >= 0.6 is 0 Å². The number of hydrogen-bond acceptors (Lipinski definition) is 2. The lowest BCUT2D eigenvalue weighted by Crippen LogP contribution is -1.90. The maximum atomic E-state index is 5.46. The third kappa shape index (κ3) is 2.36. The quantitative estimate of drug-likeness (QED) is 0.850. The maximum Gasteiger partial charge on any atom is 0.0346 e. The Morgan fingerprint density at radius 1 is 1.18 bits per heavy atom. The molecule has 0 amide bonds. The summed E-state index contributed by atoms with van der Waals surface area (Å²) in [5, 5.41) is 0. The van der Waals surface area contributed by atoms with Crippen LogP contribution in [0.5, 0.6) is 0 Å². The molecule has 2 nitrogen and oxygen atoms in total. The Labute approximate surface area is 102 Å². The van der Waals surface area contributed by atoms with Crippen molar-refractivity contribution in [3.05, 3.63) is 59.5 Å². The number of nitrogens with two attached hydrogens (primary N) is 1. The molecule has 2 aromatic rings. The predicted molar refractivity (Wildman–Crippen MR) is 72.4 cm³/mol. The number of hydrogen-bond donors (Lipinski definition) is 1. The van der Waals surface area contributed by atoms with Crippen LogP contribution in [-0.4, -0.2) is 4.98 Å². The molecule has 17 heavy (non-hydrogen) atoms. The molecule has 2 rings (SSSR count). The van der Waals surface area contributed by atoms with Gasteiger partial charge in [0.25, 0.3) is 0 Å². The van der Waals surface area contributed by atoms with Crippen molar-refractivity contribution in [2.24, 2.45) is 5.73 Å². The van der Waals surface area contributed by atoms with Gasteiger partial charge in [0.15, 0.2) is 0 Å². The Morgan fingerprint density at radius 3 is 2.65 bits per heavy atom. The summed E-state index contributed by atoms with van der Waals surface area (Å²) in [6, 6.07) is 8.36. The molecular weight excluding hydrogens is 208 g/mol. The Bertz CT molecular complexity index is 542. The van der Waals surface area contributed by atoms with Crippen LogP contribution in [0.25, 0.3) is 17.2 Å². The summed E-state index contributed by atoms with van der Waals surface area (Å²) in [4.78, 5) is 4.16. The summed E-state index contributed by atoms with van der Waals surface area (Å²) < 4.78 is 0. The van der Waals surface area contributed by atoms with Gasteiger partial charge in [-0.2, -0.15) is 0 Å². The summed E-state index contributed by atoms with van der Waals surface area (Å²) >= 11 is 0. The van der Waals surface area contributed by atoms with E-state index < -0.39 is 0 Å². The van der Waals surface area contributed by atoms with E-state index >= 15 is 0 Å². The molecule has 0 fully saturated rings. The van der Waals surface area contributed by atoms with Gasteiger partial charge in [-0.05, 0) is 60.5 Å². The van der Waals surface area contributed by atoms with E-state index in [-0.39, 0.29) is 0 Å². The zero-order valence-electron chi connectivity index (χ0n) is 10.1. The third-order valence-corrected chi connectivity index (χ3v) is 2.86. The number of rotatable bonds is 2. The summed E-state index contributed by atoms with van der Waals surface area (Å²) in [6.07, 6.45) is 7.17. The largest absolute Gasteiger partial charge is 0.405 e. The Balaban J connectivity index is 2.58. The van der Waals surface area contributed by atoms with Crippen molar-refractivity contribution >= 4 is 6.08 Å². The van der Waals surface area contributed by atoms with Crippen molar-refractivity contribution in [3.8, 4) is 11.1 Å². The van der Waals surface area contributed by atoms with E-state index in [1.165, 1.54) is 16.7 Å². The van der Waals surface area contributed by atoms with Crippen molar-refractivity contribution in [1.82, 2.24) is 4.98 Å². The highest BCUT2D eigenvalue weighted by Gasteiger charge is 2.05. The van der Waals surface area contributed by atoms with Crippen molar-refractivity contribution in [2.45, 2.75) is 13.8 Å². The second-order valence-electron chi connectivity index (χ2n) is 4.12. The number of benzene rings is 1. The molecule has 0 saturated heterocycles. The van der Waals surface area contributed by atoms with Crippen LogP contribution in [0.4, 0.5) is 0 Å². The van der Waals surface area contributed by atoms with E-state index in [1.807, 2.05) is 18.3 Å². The van der Waals surface area contributed by atoms with E-state index in [0.29, 0.717) is 0 Å². The molecule has 1 heterocycles. The molecule has 0 unspecified atom stereocenters. The second-order valence-corrected chi connectivity index (χ2v) is 4.12. The summed E-state index contributed by atoms with van der Waals surface area (Å²) in [5.74, 6) is 0. The van der Waals surface area contributed by atoms with Crippen molar-refractivity contribution in [3.63, 3.8) is 0 Å². The highest BCUT2D eigenvalue weighted by molar-refractivity contribution is 5.71. The monoisotopic (exact) mass is 224 g/mol. The fraction of sp³-hybridized carbons (Fsp3) is 0.133. The van der Waals surface area contributed by atoms with Crippen LogP contribution in [0.2, 0.25) is 0 Å². The zero-order valence-corrected chi connectivity index (χ0v) is 10.1. The molecule has 0 saturated carbocycles. The van der Waals surface area contributed by atoms with Gasteiger partial charge in [-0.25, -0.2) is 0 Å². The zero-order chi connectivity index (χ0) is 12.3.